The zero-order chi connectivity index (χ0) is 13.2. The van der Waals surface area contributed by atoms with E-state index in [1.165, 1.54) is 32.1 Å². The molecule has 1 aliphatic carbocycles. The van der Waals surface area contributed by atoms with Gasteiger partial charge in [-0.1, -0.05) is 49.5 Å². The van der Waals surface area contributed by atoms with Crippen molar-refractivity contribution in [3.63, 3.8) is 0 Å². The molecule has 3 heteroatoms. The van der Waals surface area contributed by atoms with Gasteiger partial charge in [-0.2, -0.15) is 0 Å². The predicted molar refractivity (Wildman–Crippen MR) is 80.7 cm³/mol. The first-order valence-electron chi connectivity index (χ1n) is 6.68. The second-order valence-electron chi connectivity index (χ2n) is 6.04. The Kier molecular flexibility index (Phi) is 4.45. The van der Waals surface area contributed by atoms with Gasteiger partial charge in [0.05, 0.1) is 15.7 Å². The van der Waals surface area contributed by atoms with Gasteiger partial charge in [-0.05, 0) is 43.2 Å². The molecule has 0 radical (unpaired) electrons. The molecule has 0 spiro atoms. The molecule has 1 saturated carbocycles. The lowest BCUT2D eigenvalue weighted by molar-refractivity contribution is 0.313. The molecule has 0 heterocycles. The summed E-state index contributed by atoms with van der Waals surface area (Å²) in [7, 11) is 0. The standard InChI is InChI=1S/C15H21Cl2N/c1-15(2)9-4-5-11(8-10-15)18-13-7-3-6-12(16)14(13)17/h3,6-7,11,18H,4-5,8-10H2,1-2H3. The molecule has 100 valence electrons. The fraction of sp³-hybridized carbons (Fsp3) is 0.600. The van der Waals surface area contributed by atoms with E-state index in [4.69, 9.17) is 23.2 Å². The summed E-state index contributed by atoms with van der Waals surface area (Å²) in [6.45, 7) is 4.73. The number of anilines is 1. The van der Waals surface area contributed by atoms with Crippen molar-refractivity contribution in [1.29, 1.82) is 0 Å². The predicted octanol–water partition coefficient (Wildman–Crippen LogP) is 5.76. The van der Waals surface area contributed by atoms with Crippen LogP contribution in [0.25, 0.3) is 0 Å². The van der Waals surface area contributed by atoms with Gasteiger partial charge in [-0.15, -0.1) is 0 Å². The minimum Gasteiger partial charge on any atom is -0.381 e. The molecule has 2 rings (SSSR count). The topological polar surface area (TPSA) is 12.0 Å². The third kappa shape index (κ3) is 3.55. The van der Waals surface area contributed by atoms with Crippen molar-refractivity contribution in [2.24, 2.45) is 5.41 Å². The lowest BCUT2D eigenvalue weighted by atomic mass is 9.85. The van der Waals surface area contributed by atoms with E-state index < -0.39 is 0 Å². The Hall–Kier alpha value is -0.400. The Bertz CT molecular complexity index is 415. The van der Waals surface area contributed by atoms with Crippen LogP contribution in [0.2, 0.25) is 10.0 Å². The zero-order valence-electron chi connectivity index (χ0n) is 11.1. The van der Waals surface area contributed by atoms with Crippen LogP contribution < -0.4 is 5.32 Å². The molecule has 0 amide bonds. The Labute approximate surface area is 120 Å². The third-order valence-corrected chi connectivity index (χ3v) is 4.71. The van der Waals surface area contributed by atoms with E-state index >= 15 is 0 Å². The second-order valence-corrected chi connectivity index (χ2v) is 6.82. The van der Waals surface area contributed by atoms with Crippen molar-refractivity contribution in [1.82, 2.24) is 0 Å². The number of halogens is 2. The molecule has 0 saturated heterocycles. The third-order valence-electron chi connectivity index (χ3n) is 3.89. The summed E-state index contributed by atoms with van der Waals surface area (Å²) in [5.74, 6) is 0. The van der Waals surface area contributed by atoms with Crippen LogP contribution in [0.4, 0.5) is 5.69 Å². The van der Waals surface area contributed by atoms with Gasteiger partial charge in [0.25, 0.3) is 0 Å². The summed E-state index contributed by atoms with van der Waals surface area (Å²) in [4.78, 5) is 0. The summed E-state index contributed by atoms with van der Waals surface area (Å²) >= 11 is 12.3. The van der Waals surface area contributed by atoms with E-state index in [0.717, 1.165) is 5.69 Å². The lowest BCUT2D eigenvalue weighted by Gasteiger charge is -2.22. The van der Waals surface area contributed by atoms with Gasteiger partial charge in [0.1, 0.15) is 0 Å². The molecule has 1 aliphatic rings. The van der Waals surface area contributed by atoms with E-state index in [1.807, 2.05) is 18.2 Å². The minimum atomic E-state index is 0.481. The number of hydrogen-bond donors (Lipinski definition) is 1. The Balaban J connectivity index is 2.03. The largest absolute Gasteiger partial charge is 0.381 e. The van der Waals surface area contributed by atoms with Crippen molar-refractivity contribution >= 4 is 28.9 Å². The molecule has 1 N–H and O–H groups in total. The molecule has 0 aromatic heterocycles. The SMILES string of the molecule is CC1(C)CCCC(Nc2cccc(Cl)c2Cl)CC1. The Morgan fingerprint density at radius 1 is 1.17 bits per heavy atom. The van der Waals surface area contributed by atoms with Gasteiger partial charge in [0.2, 0.25) is 0 Å². The number of benzene rings is 1. The van der Waals surface area contributed by atoms with Crippen LogP contribution in [0.1, 0.15) is 46.0 Å². The molecule has 18 heavy (non-hydrogen) atoms. The molecule has 1 unspecified atom stereocenters. The normalized spacial score (nSPS) is 23.4. The van der Waals surface area contributed by atoms with Crippen molar-refractivity contribution < 1.29 is 0 Å². The summed E-state index contributed by atoms with van der Waals surface area (Å²) in [5.41, 5.74) is 1.45. The number of hydrogen-bond acceptors (Lipinski definition) is 1. The maximum atomic E-state index is 6.21. The van der Waals surface area contributed by atoms with Crippen LogP contribution >= 0.6 is 23.2 Å². The minimum absolute atomic E-state index is 0.481. The Morgan fingerprint density at radius 2 is 1.94 bits per heavy atom. The summed E-state index contributed by atoms with van der Waals surface area (Å²) in [6, 6.07) is 6.29. The van der Waals surface area contributed by atoms with E-state index in [1.54, 1.807) is 0 Å². The number of rotatable bonds is 2. The molecule has 1 aromatic rings. The van der Waals surface area contributed by atoms with Crippen LogP contribution in [0.3, 0.4) is 0 Å². The summed E-state index contributed by atoms with van der Waals surface area (Å²) < 4.78 is 0. The lowest BCUT2D eigenvalue weighted by Crippen LogP contribution is -2.19. The first kappa shape index (κ1) is 14.0. The monoisotopic (exact) mass is 285 g/mol. The van der Waals surface area contributed by atoms with Crippen molar-refractivity contribution in [3.8, 4) is 0 Å². The van der Waals surface area contributed by atoms with Crippen molar-refractivity contribution in [2.75, 3.05) is 5.32 Å². The average molecular weight is 286 g/mol. The first-order chi connectivity index (χ1) is 8.48. The maximum absolute atomic E-state index is 6.21. The van der Waals surface area contributed by atoms with Gasteiger partial charge < -0.3 is 5.32 Å². The van der Waals surface area contributed by atoms with Crippen LogP contribution in [0.5, 0.6) is 0 Å². The molecule has 0 aliphatic heterocycles. The molecule has 1 nitrogen and oxygen atoms in total. The van der Waals surface area contributed by atoms with Gasteiger partial charge in [0.15, 0.2) is 0 Å². The highest BCUT2D eigenvalue weighted by atomic mass is 35.5. The summed E-state index contributed by atoms with van der Waals surface area (Å²) in [6.07, 6.45) is 6.28. The van der Waals surface area contributed by atoms with Crippen LogP contribution in [-0.4, -0.2) is 6.04 Å². The van der Waals surface area contributed by atoms with Crippen LogP contribution in [0, 0.1) is 5.41 Å². The van der Waals surface area contributed by atoms with Gasteiger partial charge >= 0.3 is 0 Å². The smallest absolute Gasteiger partial charge is 0.0823 e. The summed E-state index contributed by atoms with van der Waals surface area (Å²) in [5, 5.41) is 4.81. The van der Waals surface area contributed by atoms with Crippen LogP contribution in [0.15, 0.2) is 18.2 Å². The fourth-order valence-electron chi connectivity index (χ4n) is 2.64. The quantitative estimate of drug-likeness (QED) is 0.681. The molecular weight excluding hydrogens is 265 g/mol. The molecule has 0 bridgehead atoms. The van der Waals surface area contributed by atoms with Gasteiger partial charge in [0, 0.05) is 6.04 Å². The Morgan fingerprint density at radius 3 is 2.72 bits per heavy atom. The van der Waals surface area contributed by atoms with Gasteiger partial charge in [-0.25, -0.2) is 0 Å². The van der Waals surface area contributed by atoms with Gasteiger partial charge in [-0.3, -0.25) is 0 Å². The second kappa shape index (κ2) is 5.71. The van der Waals surface area contributed by atoms with E-state index in [9.17, 15) is 0 Å². The molecule has 1 atom stereocenters. The highest BCUT2D eigenvalue weighted by Gasteiger charge is 2.24. The zero-order valence-corrected chi connectivity index (χ0v) is 12.6. The van der Waals surface area contributed by atoms with Crippen molar-refractivity contribution in [2.45, 2.75) is 52.0 Å². The number of nitrogens with one attached hydrogen (secondary N) is 1. The van der Waals surface area contributed by atoms with E-state index in [2.05, 4.69) is 19.2 Å². The molecular formula is C15H21Cl2N. The average Bonchev–Trinajstić information content (AvgIpc) is 2.47. The van der Waals surface area contributed by atoms with E-state index in [0.29, 0.717) is 21.5 Å². The fourth-order valence-corrected chi connectivity index (χ4v) is 3.00. The highest BCUT2D eigenvalue weighted by molar-refractivity contribution is 6.43. The first-order valence-corrected chi connectivity index (χ1v) is 7.44. The van der Waals surface area contributed by atoms with Crippen LogP contribution in [-0.2, 0) is 0 Å². The maximum Gasteiger partial charge on any atom is 0.0823 e. The van der Waals surface area contributed by atoms with E-state index in [-0.39, 0.29) is 0 Å². The highest BCUT2D eigenvalue weighted by Crippen LogP contribution is 2.36. The molecule has 1 aromatic carbocycles. The molecule has 1 fully saturated rings. The van der Waals surface area contributed by atoms with Crippen molar-refractivity contribution in [3.05, 3.63) is 28.2 Å².